The zero-order valence-electron chi connectivity index (χ0n) is 11.4. The molecule has 0 amide bonds. The molecule has 0 radical (unpaired) electrons. The highest BCUT2D eigenvalue weighted by Crippen LogP contribution is 2.28. The lowest BCUT2D eigenvalue weighted by Crippen LogP contribution is -1.96. The van der Waals surface area contributed by atoms with Gasteiger partial charge in [0, 0.05) is 15.6 Å². The molecule has 3 aromatic rings. The highest BCUT2D eigenvalue weighted by molar-refractivity contribution is 9.10. The van der Waals surface area contributed by atoms with Crippen molar-refractivity contribution in [2.24, 2.45) is 0 Å². The molecule has 0 atom stereocenters. The average molecular weight is 338 g/mol. The third kappa shape index (κ3) is 2.74. The van der Waals surface area contributed by atoms with Gasteiger partial charge in [0.25, 0.3) is 0 Å². The standard InChI is InChI=1S/C17H12BrN3/c1-11-5-6-12-3-2-4-15(17(12)20-11)21-16-9-14(18)8-7-13(16)10-19/h2-9,21H,1H3. The summed E-state index contributed by atoms with van der Waals surface area (Å²) in [5, 5.41) is 13.6. The largest absolute Gasteiger partial charge is 0.353 e. The lowest BCUT2D eigenvalue weighted by molar-refractivity contribution is 1.25. The Morgan fingerprint density at radius 3 is 2.76 bits per heavy atom. The van der Waals surface area contributed by atoms with Gasteiger partial charge in [0.15, 0.2) is 0 Å². The topological polar surface area (TPSA) is 48.7 Å². The third-order valence-corrected chi connectivity index (χ3v) is 3.72. The first-order valence-corrected chi connectivity index (χ1v) is 7.30. The Labute approximate surface area is 131 Å². The first kappa shape index (κ1) is 13.6. The van der Waals surface area contributed by atoms with Gasteiger partial charge in [0.2, 0.25) is 0 Å². The van der Waals surface area contributed by atoms with Crippen LogP contribution in [-0.4, -0.2) is 4.98 Å². The molecule has 0 fully saturated rings. The van der Waals surface area contributed by atoms with Crippen molar-refractivity contribution >= 4 is 38.2 Å². The molecule has 0 saturated heterocycles. The first-order valence-electron chi connectivity index (χ1n) is 6.50. The summed E-state index contributed by atoms with van der Waals surface area (Å²) in [5.41, 5.74) is 4.13. The molecule has 0 spiro atoms. The Morgan fingerprint density at radius 2 is 1.95 bits per heavy atom. The summed E-state index contributed by atoms with van der Waals surface area (Å²) < 4.78 is 0.924. The van der Waals surface area contributed by atoms with Crippen LogP contribution >= 0.6 is 15.9 Å². The highest BCUT2D eigenvalue weighted by atomic mass is 79.9. The number of nitrogens with one attached hydrogen (secondary N) is 1. The van der Waals surface area contributed by atoms with Crippen LogP contribution < -0.4 is 5.32 Å². The van der Waals surface area contributed by atoms with E-state index in [0.29, 0.717) is 5.56 Å². The predicted octanol–water partition coefficient (Wildman–Crippen LogP) is 4.92. The summed E-state index contributed by atoms with van der Waals surface area (Å²) in [5.74, 6) is 0. The molecule has 102 valence electrons. The minimum absolute atomic E-state index is 0.600. The number of fused-ring (bicyclic) bond motifs is 1. The monoisotopic (exact) mass is 337 g/mol. The zero-order valence-corrected chi connectivity index (χ0v) is 13.0. The molecule has 1 heterocycles. The van der Waals surface area contributed by atoms with Gasteiger partial charge in [-0.3, -0.25) is 4.98 Å². The molecular weight excluding hydrogens is 326 g/mol. The van der Waals surface area contributed by atoms with E-state index in [4.69, 9.17) is 0 Å². The van der Waals surface area contributed by atoms with Crippen molar-refractivity contribution in [3.05, 3.63) is 64.3 Å². The van der Waals surface area contributed by atoms with Crippen LogP contribution in [0.15, 0.2) is 53.0 Å². The van der Waals surface area contributed by atoms with Gasteiger partial charge in [-0.25, -0.2) is 0 Å². The second kappa shape index (κ2) is 5.55. The van der Waals surface area contributed by atoms with E-state index in [1.54, 1.807) is 6.07 Å². The molecule has 0 aliphatic rings. The van der Waals surface area contributed by atoms with Crippen LogP contribution in [0.25, 0.3) is 10.9 Å². The SMILES string of the molecule is Cc1ccc2cccc(Nc3cc(Br)ccc3C#N)c2n1. The first-order chi connectivity index (χ1) is 10.2. The van der Waals surface area contributed by atoms with E-state index in [1.807, 2.05) is 43.3 Å². The Bertz CT molecular complexity index is 866. The Kier molecular flexibility index (Phi) is 3.59. The van der Waals surface area contributed by atoms with Crippen LogP contribution in [0, 0.1) is 18.3 Å². The van der Waals surface area contributed by atoms with E-state index >= 15 is 0 Å². The minimum atomic E-state index is 0.600. The molecule has 4 heteroatoms. The van der Waals surface area contributed by atoms with Crippen molar-refractivity contribution in [1.29, 1.82) is 5.26 Å². The molecule has 3 rings (SSSR count). The fourth-order valence-electron chi connectivity index (χ4n) is 2.21. The Balaban J connectivity index is 2.13. The fourth-order valence-corrected chi connectivity index (χ4v) is 2.57. The van der Waals surface area contributed by atoms with Crippen LogP contribution in [0.3, 0.4) is 0 Å². The smallest absolute Gasteiger partial charge is 0.101 e. The van der Waals surface area contributed by atoms with Crippen molar-refractivity contribution in [2.45, 2.75) is 6.92 Å². The average Bonchev–Trinajstić information content (AvgIpc) is 2.48. The fraction of sp³-hybridized carbons (Fsp3) is 0.0588. The molecule has 0 unspecified atom stereocenters. The van der Waals surface area contributed by atoms with E-state index in [0.717, 1.165) is 32.4 Å². The van der Waals surface area contributed by atoms with E-state index in [1.165, 1.54) is 0 Å². The van der Waals surface area contributed by atoms with Gasteiger partial charge in [-0.1, -0.05) is 34.1 Å². The quantitative estimate of drug-likeness (QED) is 0.721. The zero-order chi connectivity index (χ0) is 14.8. The molecule has 2 aromatic carbocycles. The van der Waals surface area contributed by atoms with Crippen LogP contribution in [-0.2, 0) is 0 Å². The van der Waals surface area contributed by atoms with Gasteiger partial charge in [0.1, 0.15) is 6.07 Å². The maximum atomic E-state index is 9.22. The summed E-state index contributed by atoms with van der Waals surface area (Å²) in [6.07, 6.45) is 0. The van der Waals surface area contributed by atoms with Crippen LogP contribution in [0.2, 0.25) is 0 Å². The lowest BCUT2D eigenvalue weighted by atomic mass is 10.1. The van der Waals surface area contributed by atoms with Crippen molar-refractivity contribution in [2.75, 3.05) is 5.32 Å². The van der Waals surface area contributed by atoms with Gasteiger partial charge in [-0.05, 0) is 37.3 Å². The van der Waals surface area contributed by atoms with Crippen LogP contribution in [0.5, 0.6) is 0 Å². The molecule has 1 aromatic heterocycles. The number of anilines is 2. The van der Waals surface area contributed by atoms with Crippen molar-refractivity contribution in [1.82, 2.24) is 4.98 Å². The number of para-hydroxylation sites is 1. The van der Waals surface area contributed by atoms with Gasteiger partial charge in [0.05, 0.1) is 22.5 Å². The molecule has 1 N–H and O–H groups in total. The number of halogens is 1. The molecule has 0 saturated carbocycles. The highest BCUT2D eigenvalue weighted by Gasteiger charge is 2.07. The van der Waals surface area contributed by atoms with Crippen LogP contribution in [0.4, 0.5) is 11.4 Å². The second-order valence-electron chi connectivity index (χ2n) is 4.76. The van der Waals surface area contributed by atoms with Crippen molar-refractivity contribution < 1.29 is 0 Å². The summed E-state index contributed by atoms with van der Waals surface area (Å²) in [4.78, 5) is 4.59. The van der Waals surface area contributed by atoms with E-state index in [2.05, 4.69) is 38.4 Å². The number of pyridine rings is 1. The number of hydrogen-bond acceptors (Lipinski definition) is 3. The lowest BCUT2D eigenvalue weighted by Gasteiger charge is -2.11. The summed E-state index contributed by atoms with van der Waals surface area (Å²) in [7, 11) is 0. The minimum Gasteiger partial charge on any atom is -0.353 e. The maximum absolute atomic E-state index is 9.22. The number of hydrogen-bond donors (Lipinski definition) is 1. The number of aromatic nitrogens is 1. The van der Waals surface area contributed by atoms with E-state index < -0.39 is 0 Å². The summed E-state index contributed by atoms with van der Waals surface area (Å²) in [6, 6.07) is 17.8. The Morgan fingerprint density at radius 1 is 1.10 bits per heavy atom. The number of benzene rings is 2. The molecule has 0 bridgehead atoms. The maximum Gasteiger partial charge on any atom is 0.101 e. The molecule has 0 aliphatic carbocycles. The molecular formula is C17H12BrN3. The summed E-state index contributed by atoms with van der Waals surface area (Å²) in [6.45, 7) is 1.97. The van der Waals surface area contributed by atoms with Gasteiger partial charge < -0.3 is 5.32 Å². The normalized spacial score (nSPS) is 10.3. The number of nitriles is 1. The summed E-state index contributed by atoms with van der Waals surface area (Å²) >= 11 is 3.44. The van der Waals surface area contributed by atoms with Gasteiger partial charge in [-0.15, -0.1) is 0 Å². The Hall–Kier alpha value is -2.38. The molecule has 21 heavy (non-hydrogen) atoms. The van der Waals surface area contributed by atoms with Crippen LogP contribution in [0.1, 0.15) is 11.3 Å². The third-order valence-electron chi connectivity index (χ3n) is 3.23. The van der Waals surface area contributed by atoms with E-state index in [9.17, 15) is 5.26 Å². The number of aryl methyl sites for hydroxylation is 1. The predicted molar refractivity (Wildman–Crippen MR) is 88.6 cm³/mol. The van der Waals surface area contributed by atoms with E-state index in [-0.39, 0.29) is 0 Å². The number of nitrogens with zero attached hydrogens (tertiary/aromatic N) is 2. The van der Waals surface area contributed by atoms with Gasteiger partial charge in [-0.2, -0.15) is 5.26 Å². The van der Waals surface area contributed by atoms with Gasteiger partial charge >= 0.3 is 0 Å². The molecule has 3 nitrogen and oxygen atoms in total. The molecule has 0 aliphatic heterocycles. The number of rotatable bonds is 2. The van der Waals surface area contributed by atoms with Crippen molar-refractivity contribution in [3.8, 4) is 6.07 Å². The van der Waals surface area contributed by atoms with Crippen molar-refractivity contribution in [3.63, 3.8) is 0 Å². The second-order valence-corrected chi connectivity index (χ2v) is 5.67.